The van der Waals surface area contributed by atoms with E-state index < -0.39 is 0 Å². The molecule has 0 fully saturated rings. The van der Waals surface area contributed by atoms with Crippen molar-refractivity contribution in [1.29, 1.82) is 0 Å². The normalized spacial score (nSPS) is 10.4. The minimum absolute atomic E-state index is 0.228. The SMILES string of the molecule is CCNc1ncnc(Nc2cccc(F)c2C)c1CC. The summed E-state index contributed by atoms with van der Waals surface area (Å²) in [5.41, 5.74) is 2.30. The second-order valence-corrected chi connectivity index (χ2v) is 4.47. The molecule has 0 amide bonds. The minimum Gasteiger partial charge on any atom is -0.370 e. The van der Waals surface area contributed by atoms with Crippen molar-refractivity contribution in [3.8, 4) is 0 Å². The van der Waals surface area contributed by atoms with Crippen LogP contribution >= 0.6 is 0 Å². The predicted molar refractivity (Wildman–Crippen MR) is 80.0 cm³/mol. The first-order valence-electron chi connectivity index (χ1n) is 6.77. The van der Waals surface area contributed by atoms with Gasteiger partial charge < -0.3 is 10.6 Å². The molecule has 0 bridgehead atoms. The zero-order chi connectivity index (χ0) is 14.5. The molecule has 4 nitrogen and oxygen atoms in total. The average molecular weight is 274 g/mol. The number of hydrogen-bond donors (Lipinski definition) is 2. The maximum Gasteiger partial charge on any atom is 0.139 e. The van der Waals surface area contributed by atoms with E-state index in [1.807, 2.05) is 19.9 Å². The topological polar surface area (TPSA) is 49.8 Å². The number of rotatable bonds is 5. The van der Waals surface area contributed by atoms with Gasteiger partial charge in [0.25, 0.3) is 0 Å². The van der Waals surface area contributed by atoms with Crippen molar-refractivity contribution in [3.05, 3.63) is 41.5 Å². The van der Waals surface area contributed by atoms with E-state index in [0.717, 1.165) is 30.0 Å². The van der Waals surface area contributed by atoms with E-state index in [4.69, 9.17) is 0 Å². The second kappa shape index (κ2) is 6.32. The van der Waals surface area contributed by atoms with Crippen LogP contribution in [-0.4, -0.2) is 16.5 Å². The minimum atomic E-state index is -0.228. The lowest BCUT2D eigenvalue weighted by Crippen LogP contribution is -2.08. The Kier molecular flexibility index (Phi) is 4.50. The summed E-state index contributed by atoms with van der Waals surface area (Å²) in [6.07, 6.45) is 2.30. The molecule has 2 N–H and O–H groups in total. The van der Waals surface area contributed by atoms with Gasteiger partial charge in [0.05, 0.1) is 0 Å². The Balaban J connectivity index is 2.38. The Morgan fingerprint density at radius 3 is 2.60 bits per heavy atom. The first-order chi connectivity index (χ1) is 9.67. The molecule has 0 radical (unpaired) electrons. The van der Waals surface area contributed by atoms with E-state index in [2.05, 4.69) is 20.6 Å². The fourth-order valence-corrected chi connectivity index (χ4v) is 2.05. The number of halogens is 1. The fraction of sp³-hybridized carbons (Fsp3) is 0.333. The molecule has 0 aliphatic rings. The number of nitrogens with zero attached hydrogens (tertiary/aromatic N) is 2. The lowest BCUT2D eigenvalue weighted by atomic mass is 10.1. The highest BCUT2D eigenvalue weighted by Gasteiger charge is 2.11. The van der Waals surface area contributed by atoms with Crippen molar-refractivity contribution in [2.75, 3.05) is 17.2 Å². The molecule has 0 unspecified atom stereocenters. The van der Waals surface area contributed by atoms with Crippen LogP contribution in [0, 0.1) is 12.7 Å². The van der Waals surface area contributed by atoms with Crippen molar-refractivity contribution in [2.45, 2.75) is 27.2 Å². The third-order valence-electron chi connectivity index (χ3n) is 3.16. The van der Waals surface area contributed by atoms with Gasteiger partial charge in [-0.3, -0.25) is 0 Å². The van der Waals surface area contributed by atoms with Crippen molar-refractivity contribution in [2.24, 2.45) is 0 Å². The Bertz CT molecular complexity index is 598. The van der Waals surface area contributed by atoms with Gasteiger partial charge in [-0.25, -0.2) is 14.4 Å². The molecule has 1 heterocycles. The van der Waals surface area contributed by atoms with E-state index in [-0.39, 0.29) is 5.82 Å². The maximum atomic E-state index is 13.6. The summed E-state index contributed by atoms with van der Waals surface area (Å²) in [6.45, 7) is 6.60. The Morgan fingerprint density at radius 2 is 1.90 bits per heavy atom. The van der Waals surface area contributed by atoms with Crippen molar-refractivity contribution in [3.63, 3.8) is 0 Å². The van der Waals surface area contributed by atoms with Gasteiger partial charge in [0.1, 0.15) is 23.8 Å². The number of hydrogen-bond acceptors (Lipinski definition) is 4. The molecule has 106 valence electrons. The highest BCUT2D eigenvalue weighted by Crippen LogP contribution is 2.26. The molecule has 0 aliphatic carbocycles. The van der Waals surface area contributed by atoms with Crippen LogP contribution in [0.1, 0.15) is 25.0 Å². The zero-order valence-electron chi connectivity index (χ0n) is 12.0. The summed E-state index contributed by atoms with van der Waals surface area (Å²) < 4.78 is 13.6. The molecule has 0 aliphatic heterocycles. The Morgan fingerprint density at radius 1 is 1.15 bits per heavy atom. The monoisotopic (exact) mass is 274 g/mol. The van der Waals surface area contributed by atoms with E-state index in [1.165, 1.54) is 12.4 Å². The van der Waals surface area contributed by atoms with Crippen LogP contribution in [-0.2, 0) is 6.42 Å². The van der Waals surface area contributed by atoms with Crippen LogP contribution in [0.4, 0.5) is 21.7 Å². The van der Waals surface area contributed by atoms with Crippen LogP contribution in [0.15, 0.2) is 24.5 Å². The predicted octanol–water partition coefficient (Wildman–Crippen LogP) is 3.66. The fourth-order valence-electron chi connectivity index (χ4n) is 2.05. The molecule has 0 saturated heterocycles. The summed E-state index contributed by atoms with van der Waals surface area (Å²) in [5, 5.41) is 6.41. The standard InChI is InChI=1S/C15H19FN4/c1-4-11-14(17-5-2)18-9-19-15(11)20-13-8-6-7-12(16)10(13)3/h6-9H,4-5H2,1-3H3,(H2,17,18,19,20). The molecule has 5 heteroatoms. The molecule has 2 aromatic rings. The summed E-state index contributed by atoms with van der Waals surface area (Å²) in [4.78, 5) is 8.52. The zero-order valence-corrected chi connectivity index (χ0v) is 12.0. The quantitative estimate of drug-likeness (QED) is 0.873. The number of benzene rings is 1. The van der Waals surface area contributed by atoms with Crippen molar-refractivity contribution in [1.82, 2.24) is 9.97 Å². The van der Waals surface area contributed by atoms with Crippen molar-refractivity contribution >= 4 is 17.3 Å². The third kappa shape index (κ3) is 2.87. The van der Waals surface area contributed by atoms with Crippen LogP contribution in [0.3, 0.4) is 0 Å². The van der Waals surface area contributed by atoms with Crippen LogP contribution in [0.2, 0.25) is 0 Å². The molecular weight excluding hydrogens is 255 g/mol. The van der Waals surface area contributed by atoms with Gasteiger partial charge in [-0.2, -0.15) is 0 Å². The Hall–Kier alpha value is -2.17. The smallest absolute Gasteiger partial charge is 0.139 e. The third-order valence-corrected chi connectivity index (χ3v) is 3.16. The molecule has 0 spiro atoms. The van der Waals surface area contributed by atoms with Crippen LogP contribution in [0.5, 0.6) is 0 Å². The van der Waals surface area contributed by atoms with Gasteiger partial charge in [0.2, 0.25) is 0 Å². The number of anilines is 3. The summed E-state index contributed by atoms with van der Waals surface area (Å²) >= 11 is 0. The van der Waals surface area contributed by atoms with Gasteiger partial charge in [-0.15, -0.1) is 0 Å². The first-order valence-corrected chi connectivity index (χ1v) is 6.77. The molecular formula is C15H19FN4. The molecule has 1 aromatic heterocycles. The van der Waals surface area contributed by atoms with E-state index >= 15 is 0 Å². The highest BCUT2D eigenvalue weighted by molar-refractivity contribution is 5.66. The molecule has 0 saturated carbocycles. The number of aromatic nitrogens is 2. The van der Waals surface area contributed by atoms with Gasteiger partial charge in [-0.1, -0.05) is 13.0 Å². The Labute approximate surface area is 118 Å². The molecule has 0 atom stereocenters. The highest BCUT2D eigenvalue weighted by atomic mass is 19.1. The lowest BCUT2D eigenvalue weighted by molar-refractivity contribution is 0.619. The van der Waals surface area contributed by atoms with Gasteiger partial charge in [-0.05, 0) is 32.4 Å². The van der Waals surface area contributed by atoms with E-state index in [9.17, 15) is 4.39 Å². The largest absolute Gasteiger partial charge is 0.370 e. The summed E-state index contributed by atoms with van der Waals surface area (Å²) in [6, 6.07) is 4.97. The van der Waals surface area contributed by atoms with Crippen LogP contribution in [0.25, 0.3) is 0 Å². The van der Waals surface area contributed by atoms with Crippen LogP contribution < -0.4 is 10.6 Å². The van der Waals surface area contributed by atoms with E-state index in [0.29, 0.717) is 11.4 Å². The summed E-state index contributed by atoms with van der Waals surface area (Å²) in [5.74, 6) is 1.31. The first kappa shape index (κ1) is 14.2. The van der Waals surface area contributed by atoms with Gasteiger partial charge in [0.15, 0.2) is 0 Å². The van der Waals surface area contributed by atoms with Gasteiger partial charge >= 0.3 is 0 Å². The average Bonchev–Trinajstić information content (AvgIpc) is 2.44. The van der Waals surface area contributed by atoms with Crippen molar-refractivity contribution < 1.29 is 4.39 Å². The van der Waals surface area contributed by atoms with Gasteiger partial charge in [0, 0.05) is 23.4 Å². The molecule has 1 aromatic carbocycles. The summed E-state index contributed by atoms with van der Waals surface area (Å²) in [7, 11) is 0. The van der Waals surface area contributed by atoms with E-state index in [1.54, 1.807) is 13.0 Å². The lowest BCUT2D eigenvalue weighted by Gasteiger charge is -2.15. The maximum absolute atomic E-state index is 13.6. The molecule has 2 rings (SSSR count). The number of nitrogens with one attached hydrogen (secondary N) is 2. The molecule has 20 heavy (non-hydrogen) atoms. The second-order valence-electron chi connectivity index (χ2n) is 4.47.